The Kier molecular flexibility index (Phi) is 3.73. The molecule has 0 aliphatic rings. The molecule has 1 N–H and O–H groups in total. The number of rotatable bonds is 4. The predicted molar refractivity (Wildman–Crippen MR) is 77.3 cm³/mol. The third-order valence-corrected chi connectivity index (χ3v) is 2.93. The van der Waals surface area contributed by atoms with Crippen molar-refractivity contribution in [2.75, 3.05) is 0 Å². The van der Waals surface area contributed by atoms with Gasteiger partial charge < -0.3 is 9.84 Å². The summed E-state index contributed by atoms with van der Waals surface area (Å²) >= 11 is 0. The van der Waals surface area contributed by atoms with Crippen molar-refractivity contribution < 1.29 is 9.32 Å². The Balaban J connectivity index is 1.64. The van der Waals surface area contributed by atoms with Gasteiger partial charge in [-0.1, -0.05) is 41.6 Å². The maximum atomic E-state index is 11.9. The Hall–Kier alpha value is -2.95. The van der Waals surface area contributed by atoms with Gasteiger partial charge in [-0.25, -0.2) is 0 Å². The third kappa shape index (κ3) is 3.14. The molecule has 5 nitrogen and oxygen atoms in total. The summed E-state index contributed by atoms with van der Waals surface area (Å²) in [5, 5.41) is 6.61. The second kappa shape index (κ2) is 6.00. The third-order valence-electron chi connectivity index (χ3n) is 2.93. The molecule has 0 unspecified atom stereocenters. The SMILES string of the molecule is O=C(NCc1noc(-c2ccccc2)n1)c1ccccc1. The van der Waals surface area contributed by atoms with Crippen LogP contribution in [0.3, 0.4) is 0 Å². The van der Waals surface area contributed by atoms with E-state index in [-0.39, 0.29) is 12.5 Å². The Bertz CT molecular complexity index is 724. The number of hydrogen-bond donors (Lipinski definition) is 1. The largest absolute Gasteiger partial charge is 0.345 e. The number of benzene rings is 2. The smallest absolute Gasteiger partial charge is 0.257 e. The van der Waals surface area contributed by atoms with Gasteiger partial charge in [0.15, 0.2) is 5.82 Å². The van der Waals surface area contributed by atoms with Crippen molar-refractivity contribution in [3.8, 4) is 11.5 Å². The molecule has 104 valence electrons. The summed E-state index contributed by atoms with van der Waals surface area (Å²) < 4.78 is 5.18. The van der Waals surface area contributed by atoms with Crippen LogP contribution in [0.15, 0.2) is 65.2 Å². The average molecular weight is 279 g/mol. The van der Waals surface area contributed by atoms with E-state index in [9.17, 15) is 4.79 Å². The molecule has 5 heteroatoms. The molecule has 0 aliphatic carbocycles. The molecule has 21 heavy (non-hydrogen) atoms. The molecule has 0 saturated heterocycles. The van der Waals surface area contributed by atoms with Crippen molar-refractivity contribution in [2.24, 2.45) is 0 Å². The first-order valence-electron chi connectivity index (χ1n) is 6.54. The minimum atomic E-state index is -0.165. The zero-order valence-corrected chi connectivity index (χ0v) is 11.2. The maximum Gasteiger partial charge on any atom is 0.257 e. The van der Waals surface area contributed by atoms with Crippen LogP contribution in [0, 0.1) is 0 Å². The van der Waals surface area contributed by atoms with Gasteiger partial charge in [0.1, 0.15) is 0 Å². The lowest BCUT2D eigenvalue weighted by molar-refractivity contribution is 0.0949. The van der Waals surface area contributed by atoms with Crippen LogP contribution in [-0.4, -0.2) is 16.0 Å². The van der Waals surface area contributed by atoms with Gasteiger partial charge in [0.2, 0.25) is 0 Å². The highest BCUT2D eigenvalue weighted by Gasteiger charge is 2.10. The van der Waals surface area contributed by atoms with Crippen molar-refractivity contribution in [1.29, 1.82) is 0 Å². The van der Waals surface area contributed by atoms with Gasteiger partial charge in [-0.05, 0) is 24.3 Å². The van der Waals surface area contributed by atoms with E-state index in [1.807, 2.05) is 48.5 Å². The van der Waals surface area contributed by atoms with E-state index in [1.54, 1.807) is 12.1 Å². The fourth-order valence-electron chi connectivity index (χ4n) is 1.87. The topological polar surface area (TPSA) is 68.0 Å². The van der Waals surface area contributed by atoms with E-state index in [4.69, 9.17) is 4.52 Å². The summed E-state index contributed by atoms with van der Waals surface area (Å²) in [5.41, 5.74) is 1.45. The highest BCUT2D eigenvalue weighted by atomic mass is 16.5. The predicted octanol–water partition coefficient (Wildman–Crippen LogP) is 2.67. The van der Waals surface area contributed by atoms with Crippen LogP contribution in [-0.2, 0) is 6.54 Å². The normalized spacial score (nSPS) is 10.3. The molecule has 2 aromatic carbocycles. The lowest BCUT2D eigenvalue weighted by Crippen LogP contribution is -2.23. The molecule has 0 atom stereocenters. The van der Waals surface area contributed by atoms with Gasteiger partial charge in [-0.15, -0.1) is 0 Å². The van der Waals surface area contributed by atoms with Crippen LogP contribution in [0.1, 0.15) is 16.2 Å². The van der Waals surface area contributed by atoms with E-state index in [2.05, 4.69) is 15.5 Å². The number of nitrogens with zero attached hydrogens (tertiary/aromatic N) is 2. The second-order valence-electron chi connectivity index (χ2n) is 4.43. The van der Waals surface area contributed by atoms with Crippen LogP contribution in [0.25, 0.3) is 11.5 Å². The molecule has 0 bridgehead atoms. The molecule has 3 aromatic rings. The Morgan fingerprint density at radius 3 is 2.38 bits per heavy atom. The van der Waals surface area contributed by atoms with Crippen molar-refractivity contribution in [1.82, 2.24) is 15.5 Å². The Labute approximate surface area is 121 Å². The van der Waals surface area contributed by atoms with E-state index in [1.165, 1.54) is 0 Å². The lowest BCUT2D eigenvalue weighted by atomic mass is 10.2. The molecule has 0 spiro atoms. The van der Waals surface area contributed by atoms with Crippen molar-refractivity contribution in [3.63, 3.8) is 0 Å². The summed E-state index contributed by atoms with van der Waals surface area (Å²) in [4.78, 5) is 16.2. The van der Waals surface area contributed by atoms with Crippen molar-refractivity contribution in [3.05, 3.63) is 72.1 Å². The molecule has 1 amide bonds. The Morgan fingerprint density at radius 2 is 1.67 bits per heavy atom. The molecule has 0 aliphatic heterocycles. The number of carbonyl (C=O) groups excluding carboxylic acids is 1. The Morgan fingerprint density at radius 1 is 1.00 bits per heavy atom. The minimum Gasteiger partial charge on any atom is -0.345 e. The molecular weight excluding hydrogens is 266 g/mol. The molecular formula is C16H13N3O2. The molecule has 1 aromatic heterocycles. The van der Waals surface area contributed by atoms with Crippen LogP contribution < -0.4 is 5.32 Å². The first-order valence-corrected chi connectivity index (χ1v) is 6.54. The molecule has 1 heterocycles. The van der Waals surface area contributed by atoms with Crippen LogP contribution >= 0.6 is 0 Å². The van der Waals surface area contributed by atoms with Gasteiger partial charge in [0.25, 0.3) is 11.8 Å². The quantitative estimate of drug-likeness (QED) is 0.797. The first-order chi connectivity index (χ1) is 10.3. The molecule has 0 saturated carbocycles. The van der Waals surface area contributed by atoms with Gasteiger partial charge in [0, 0.05) is 11.1 Å². The summed E-state index contributed by atoms with van der Waals surface area (Å²) in [6.07, 6.45) is 0. The number of carbonyl (C=O) groups is 1. The van der Waals surface area contributed by atoms with Crippen molar-refractivity contribution >= 4 is 5.91 Å². The number of aromatic nitrogens is 2. The molecule has 3 rings (SSSR count). The lowest BCUT2D eigenvalue weighted by Gasteiger charge is -2.01. The van der Waals surface area contributed by atoms with Gasteiger partial charge in [0.05, 0.1) is 6.54 Å². The van der Waals surface area contributed by atoms with Gasteiger partial charge >= 0.3 is 0 Å². The van der Waals surface area contributed by atoms with Gasteiger partial charge in [-0.2, -0.15) is 4.98 Å². The first kappa shape index (κ1) is 13.1. The number of amides is 1. The summed E-state index contributed by atoms with van der Waals surface area (Å²) in [6, 6.07) is 18.5. The second-order valence-corrected chi connectivity index (χ2v) is 4.43. The van der Waals surface area contributed by atoms with Crippen LogP contribution in [0.2, 0.25) is 0 Å². The highest BCUT2D eigenvalue weighted by Crippen LogP contribution is 2.15. The fourth-order valence-corrected chi connectivity index (χ4v) is 1.87. The van der Waals surface area contributed by atoms with E-state index in [0.29, 0.717) is 17.3 Å². The molecule has 0 radical (unpaired) electrons. The monoisotopic (exact) mass is 279 g/mol. The minimum absolute atomic E-state index is 0.165. The van der Waals surface area contributed by atoms with Crippen molar-refractivity contribution in [2.45, 2.75) is 6.54 Å². The standard InChI is InChI=1S/C16H13N3O2/c20-15(12-7-3-1-4-8-12)17-11-14-18-16(21-19-14)13-9-5-2-6-10-13/h1-10H,11H2,(H,17,20). The summed E-state index contributed by atoms with van der Waals surface area (Å²) in [7, 11) is 0. The van der Waals surface area contributed by atoms with Crippen LogP contribution in [0.5, 0.6) is 0 Å². The zero-order chi connectivity index (χ0) is 14.5. The summed E-state index contributed by atoms with van der Waals surface area (Å²) in [5.74, 6) is 0.722. The van der Waals surface area contributed by atoms with E-state index >= 15 is 0 Å². The van der Waals surface area contributed by atoms with Crippen LogP contribution in [0.4, 0.5) is 0 Å². The number of nitrogens with one attached hydrogen (secondary N) is 1. The molecule has 0 fully saturated rings. The maximum absolute atomic E-state index is 11.9. The van der Waals surface area contributed by atoms with E-state index in [0.717, 1.165) is 5.56 Å². The van der Waals surface area contributed by atoms with Gasteiger partial charge in [-0.3, -0.25) is 4.79 Å². The van der Waals surface area contributed by atoms with E-state index < -0.39 is 0 Å². The summed E-state index contributed by atoms with van der Waals surface area (Å²) in [6.45, 7) is 0.226. The fraction of sp³-hybridized carbons (Fsp3) is 0.0625. The zero-order valence-electron chi connectivity index (χ0n) is 11.2. The average Bonchev–Trinajstić information content (AvgIpc) is 3.03. The highest BCUT2D eigenvalue weighted by molar-refractivity contribution is 5.93. The number of hydrogen-bond acceptors (Lipinski definition) is 4.